The Morgan fingerprint density at radius 1 is 0.825 bits per heavy atom. The Labute approximate surface area is 239 Å². The van der Waals surface area contributed by atoms with Crippen molar-refractivity contribution in [3.63, 3.8) is 0 Å². The molecule has 226 valence electrons. The van der Waals surface area contributed by atoms with Crippen LogP contribution >= 0.6 is 0 Å². The number of hydrogen-bond acceptors (Lipinski definition) is 8. The highest BCUT2D eigenvalue weighted by molar-refractivity contribution is 5.60. The first-order chi connectivity index (χ1) is 19.3. The zero-order chi connectivity index (χ0) is 27.9. The summed E-state index contributed by atoms with van der Waals surface area (Å²) in [7, 11) is 0. The lowest BCUT2D eigenvalue weighted by Gasteiger charge is -2.42. The SMILES string of the molecule is C=CCO[C@H]1[C@H](OC(=O)O[C@@H]2C[C@H](C)CC[C@H]2C(C)C)[C@@H]2OC3(CCCCC3)O[C@@H]2[C@H]2OC3(CCCCC3)O[C@H]12. The van der Waals surface area contributed by atoms with E-state index >= 15 is 0 Å². The quantitative estimate of drug-likeness (QED) is 0.270. The molecule has 6 aliphatic rings. The Morgan fingerprint density at radius 3 is 1.93 bits per heavy atom. The van der Waals surface area contributed by atoms with Gasteiger partial charge in [0.2, 0.25) is 0 Å². The third-order valence-corrected chi connectivity index (χ3v) is 10.4. The third-order valence-electron chi connectivity index (χ3n) is 10.4. The van der Waals surface area contributed by atoms with Crippen molar-refractivity contribution in [2.45, 2.75) is 159 Å². The molecule has 8 heteroatoms. The van der Waals surface area contributed by atoms with Crippen molar-refractivity contribution in [1.82, 2.24) is 0 Å². The monoisotopic (exact) mass is 562 g/mol. The molecule has 0 amide bonds. The van der Waals surface area contributed by atoms with Crippen LogP contribution in [0.5, 0.6) is 0 Å². The van der Waals surface area contributed by atoms with E-state index in [9.17, 15) is 4.79 Å². The molecule has 9 atom stereocenters. The summed E-state index contributed by atoms with van der Waals surface area (Å²) in [6.45, 7) is 10.8. The lowest BCUT2D eigenvalue weighted by molar-refractivity contribution is -0.227. The van der Waals surface area contributed by atoms with Gasteiger partial charge in [0.1, 0.15) is 36.6 Å². The van der Waals surface area contributed by atoms with Gasteiger partial charge in [-0.2, -0.15) is 0 Å². The fourth-order valence-electron chi connectivity index (χ4n) is 8.37. The number of rotatable bonds is 6. The molecule has 6 fully saturated rings. The topological polar surface area (TPSA) is 81.7 Å². The van der Waals surface area contributed by atoms with E-state index in [0.29, 0.717) is 24.4 Å². The average molecular weight is 563 g/mol. The normalized spacial score (nSPS) is 42.0. The van der Waals surface area contributed by atoms with E-state index < -0.39 is 48.2 Å². The second-order valence-electron chi connectivity index (χ2n) is 13.7. The standard InChI is InChI=1S/C32H50O8/c1-5-18-34-24-25(36-30(33)35-23-19-21(4)12-13-22(23)20(2)3)27-29(40-32(38-27)16-10-7-11-17-32)28-26(24)37-31(39-28)14-8-6-9-15-31/h5,20-29H,1,6-19H2,2-4H3/t21-,22+,23-,24+,25+,26-,27+,28+,29+/m1/s1. The minimum atomic E-state index is -0.735. The molecule has 2 spiro atoms. The van der Waals surface area contributed by atoms with E-state index in [2.05, 4.69) is 27.4 Å². The molecule has 40 heavy (non-hydrogen) atoms. The van der Waals surface area contributed by atoms with Crippen molar-refractivity contribution in [2.75, 3.05) is 6.61 Å². The molecule has 0 radical (unpaired) electrons. The molecule has 4 aliphatic carbocycles. The first-order valence-electron chi connectivity index (χ1n) is 16.1. The van der Waals surface area contributed by atoms with Crippen molar-refractivity contribution >= 4 is 6.16 Å². The number of hydrogen-bond donors (Lipinski definition) is 0. The van der Waals surface area contributed by atoms with Gasteiger partial charge >= 0.3 is 6.16 Å². The van der Waals surface area contributed by atoms with Gasteiger partial charge < -0.3 is 33.2 Å². The van der Waals surface area contributed by atoms with Crippen LogP contribution in [0.25, 0.3) is 0 Å². The van der Waals surface area contributed by atoms with E-state index in [4.69, 9.17) is 33.2 Å². The molecule has 4 saturated carbocycles. The summed E-state index contributed by atoms with van der Waals surface area (Å²) in [5, 5.41) is 0. The highest BCUT2D eigenvalue weighted by Crippen LogP contribution is 2.52. The maximum atomic E-state index is 13.5. The van der Waals surface area contributed by atoms with E-state index in [-0.39, 0.29) is 12.2 Å². The van der Waals surface area contributed by atoms with Crippen LogP contribution in [0.3, 0.4) is 0 Å². The van der Waals surface area contributed by atoms with Crippen molar-refractivity contribution in [3.8, 4) is 0 Å². The molecule has 2 saturated heterocycles. The Kier molecular flexibility index (Phi) is 8.55. The summed E-state index contributed by atoms with van der Waals surface area (Å²) in [6, 6.07) is 0. The van der Waals surface area contributed by atoms with E-state index in [1.807, 2.05) is 0 Å². The lowest BCUT2D eigenvalue weighted by atomic mass is 9.75. The number of fused-ring (bicyclic) bond motifs is 3. The summed E-state index contributed by atoms with van der Waals surface area (Å²) in [5.41, 5.74) is 0. The Hall–Kier alpha value is -1.19. The zero-order valence-electron chi connectivity index (χ0n) is 24.7. The van der Waals surface area contributed by atoms with Gasteiger partial charge in [0, 0.05) is 25.7 Å². The predicted molar refractivity (Wildman–Crippen MR) is 148 cm³/mol. The molecule has 0 unspecified atom stereocenters. The molecule has 0 aromatic rings. The van der Waals surface area contributed by atoms with Gasteiger partial charge in [0.25, 0.3) is 0 Å². The van der Waals surface area contributed by atoms with Crippen LogP contribution in [0, 0.1) is 17.8 Å². The molecule has 6 rings (SSSR count). The summed E-state index contributed by atoms with van der Waals surface area (Å²) in [5.74, 6) is -0.0385. The van der Waals surface area contributed by atoms with Crippen LogP contribution < -0.4 is 0 Å². The Bertz CT molecular complexity index is 893. The van der Waals surface area contributed by atoms with Gasteiger partial charge in [-0.15, -0.1) is 6.58 Å². The Balaban J connectivity index is 1.27. The van der Waals surface area contributed by atoms with Gasteiger partial charge in [-0.05, 0) is 56.3 Å². The number of ether oxygens (including phenoxy) is 7. The van der Waals surface area contributed by atoms with Crippen LogP contribution in [0.2, 0.25) is 0 Å². The van der Waals surface area contributed by atoms with Crippen LogP contribution in [-0.4, -0.2) is 67.1 Å². The molecule has 2 heterocycles. The Morgan fingerprint density at radius 2 is 1.38 bits per heavy atom. The van der Waals surface area contributed by atoms with E-state index in [1.165, 1.54) is 12.8 Å². The molecule has 2 aliphatic heterocycles. The van der Waals surface area contributed by atoms with Gasteiger partial charge in [-0.3, -0.25) is 0 Å². The van der Waals surface area contributed by atoms with Crippen LogP contribution in [0.4, 0.5) is 4.79 Å². The molecular formula is C32H50O8. The highest BCUT2D eigenvalue weighted by Gasteiger charge is 2.67. The maximum Gasteiger partial charge on any atom is 0.509 e. The minimum Gasteiger partial charge on any atom is -0.431 e. The largest absolute Gasteiger partial charge is 0.509 e. The van der Waals surface area contributed by atoms with E-state index in [0.717, 1.165) is 70.6 Å². The van der Waals surface area contributed by atoms with Gasteiger partial charge in [0.05, 0.1) is 6.61 Å². The predicted octanol–water partition coefficient (Wildman–Crippen LogP) is 6.44. The molecule has 0 N–H and O–H groups in total. The molecule has 0 aromatic carbocycles. The van der Waals surface area contributed by atoms with Crippen molar-refractivity contribution < 1.29 is 38.0 Å². The number of carbonyl (C=O) groups excluding carboxylic acids is 1. The fourth-order valence-corrected chi connectivity index (χ4v) is 8.37. The second kappa shape index (κ2) is 11.8. The van der Waals surface area contributed by atoms with Gasteiger partial charge in [-0.25, -0.2) is 4.79 Å². The minimum absolute atomic E-state index is 0.155. The maximum absolute atomic E-state index is 13.5. The smallest absolute Gasteiger partial charge is 0.431 e. The highest BCUT2D eigenvalue weighted by atomic mass is 16.8. The summed E-state index contributed by atoms with van der Waals surface area (Å²) in [4.78, 5) is 13.5. The van der Waals surface area contributed by atoms with Crippen LogP contribution in [-0.2, 0) is 33.2 Å². The van der Waals surface area contributed by atoms with Crippen molar-refractivity contribution in [3.05, 3.63) is 12.7 Å². The van der Waals surface area contributed by atoms with Crippen molar-refractivity contribution in [1.29, 1.82) is 0 Å². The van der Waals surface area contributed by atoms with Gasteiger partial charge in [-0.1, -0.05) is 46.1 Å². The average Bonchev–Trinajstić information content (AvgIpc) is 3.47. The fraction of sp³-hybridized carbons (Fsp3) is 0.906. The first-order valence-corrected chi connectivity index (χ1v) is 16.1. The zero-order valence-corrected chi connectivity index (χ0v) is 24.7. The summed E-state index contributed by atoms with van der Waals surface area (Å²) in [6.07, 6.45) is 10.9. The van der Waals surface area contributed by atoms with Crippen molar-refractivity contribution in [2.24, 2.45) is 17.8 Å². The van der Waals surface area contributed by atoms with Gasteiger partial charge in [0.15, 0.2) is 17.7 Å². The lowest BCUT2D eigenvalue weighted by Crippen LogP contribution is -2.63. The molecule has 8 nitrogen and oxygen atoms in total. The first kappa shape index (κ1) is 28.9. The molecule has 0 aromatic heterocycles. The summed E-state index contributed by atoms with van der Waals surface area (Å²) >= 11 is 0. The third kappa shape index (κ3) is 5.60. The van der Waals surface area contributed by atoms with Crippen LogP contribution in [0.15, 0.2) is 12.7 Å². The number of carbonyl (C=O) groups is 1. The van der Waals surface area contributed by atoms with Crippen LogP contribution in [0.1, 0.15) is 104 Å². The summed E-state index contributed by atoms with van der Waals surface area (Å²) < 4.78 is 45.8. The molecule has 0 bridgehead atoms. The second-order valence-corrected chi connectivity index (χ2v) is 13.7. The van der Waals surface area contributed by atoms with E-state index in [1.54, 1.807) is 6.08 Å². The molecular weight excluding hydrogens is 512 g/mol.